The van der Waals surface area contributed by atoms with Gasteiger partial charge in [-0.25, -0.2) is 4.79 Å². The highest BCUT2D eigenvalue weighted by Crippen LogP contribution is 2.32. The van der Waals surface area contributed by atoms with Crippen LogP contribution in [0.2, 0.25) is 0 Å². The maximum Gasteiger partial charge on any atom is 0.327 e. The lowest BCUT2D eigenvalue weighted by atomic mass is 9.94. The summed E-state index contributed by atoms with van der Waals surface area (Å²) in [5, 5.41) is 9.03. The van der Waals surface area contributed by atoms with Crippen molar-refractivity contribution in [2.24, 2.45) is 5.41 Å². The summed E-state index contributed by atoms with van der Waals surface area (Å²) in [5.74, 6) is -0.523. The number of aliphatic carboxylic acids is 1. The molecule has 1 rings (SSSR count). The number of carboxylic acids is 1. The molecule has 1 aliphatic heterocycles. The van der Waals surface area contributed by atoms with E-state index in [1.807, 2.05) is 27.7 Å². The fourth-order valence-electron chi connectivity index (χ4n) is 1.57. The summed E-state index contributed by atoms with van der Waals surface area (Å²) in [7, 11) is 0. The number of carboxylic acid groups (broad SMARTS) is 1. The van der Waals surface area contributed by atoms with E-state index in [0.29, 0.717) is 5.88 Å². The van der Waals surface area contributed by atoms with E-state index in [1.165, 1.54) is 16.7 Å². The average Bonchev–Trinajstić information content (AvgIpc) is 2.43. The SMILES string of the molecule is C[C@@H]1SCN(C(=O)C(C)(C)C)[C@@H]1C(=O)O. The lowest BCUT2D eigenvalue weighted by Crippen LogP contribution is -2.48. The molecule has 0 aromatic carbocycles. The Labute approximate surface area is 94.0 Å². The van der Waals surface area contributed by atoms with Crippen molar-refractivity contribution in [3.8, 4) is 0 Å². The average molecular weight is 231 g/mol. The van der Waals surface area contributed by atoms with Gasteiger partial charge in [-0.1, -0.05) is 27.7 Å². The Hall–Kier alpha value is -0.710. The van der Waals surface area contributed by atoms with Gasteiger partial charge in [-0.05, 0) is 0 Å². The molecule has 2 atom stereocenters. The number of carbonyl (C=O) groups is 2. The van der Waals surface area contributed by atoms with Gasteiger partial charge in [-0.3, -0.25) is 4.79 Å². The predicted octanol–water partition coefficient (Wildman–Crippen LogP) is 1.41. The van der Waals surface area contributed by atoms with Crippen molar-refractivity contribution in [1.82, 2.24) is 4.90 Å². The predicted molar refractivity (Wildman–Crippen MR) is 59.6 cm³/mol. The van der Waals surface area contributed by atoms with Gasteiger partial charge in [-0.2, -0.15) is 0 Å². The van der Waals surface area contributed by atoms with Crippen molar-refractivity contribution in [3.63, 3.8) is 0 Å². The summed E-state index contributed by atoms with van der Waals surface area (Å²) >= 11 is 1.51. The highest BCUT2D eigenvalue weighted by Gasteiger charge is 2.43. The van der Waals surface area contributed by atoms with Crippen LogP contribution in [0.1, 0.15) is 27.7 Å². The lowest BCUT2D eigenvalue weighted by Gasteiger charge is -2.29. The van der Waals surface area contributed by atoms with E-state index in [1.54, 1.807) is 0 Å². The molecule has 1 fully saturated rings. The van der Waals surface area contributed by atoms with E-state index in [-0.39, 0.29) is 11.2 Å². The first-order chi connectivity index (χ1) is 6.75. The van der Waals surface area contributed by atoms with Crippen molar-refractivity contribution >= 4 is 23.6 Å². The highest BCUT2D eigenvalue weighted by molar-refractivity contribution is 8.00. The second-order valence-corrected chi connectivity index (χ2v) is 6.14. The topological polar surface area (TPSA) is 57.6 Å². The minimum Gasteiger partial charge on any atom is -0.480 e. The second-order valence-electron chi connectivity index (χ2n) is 4.81. The molecule has 1 saturated heterocycles. The molecule has 15 heavy (non-hydrogen) atoms. The van der Waals surface area contributed by atoms with Crippen LogP contribution in [-0.4, -0.2) is 39.1 Å². The number of rotatable bonds is 1. The highest BCUT2D eigenvalue weighted by atomic mass is 32.2. The zero-order chi connectivity index (χ0) is 11.8. The Morgan fingerprint density at radius 2 is 1.93 bits per heavy atom. The smallest absolute Gasteiger partial charge is 0.327 e. The van der Waals surface area contributed by atoms with Crippen LogP contribution in [0, 0.1) is 5.41 Å². The summed E-state index contributed by atoms with van der Waals surface area (Å²) in [6.45, 7) is 7.27. The van der Waals surface area contributed by atoms with Crippen molar-refractivity contribution in [2.45, 2.75) is 39.0 Å². The standard InChI is InChI=1S/C10H17NO3S/c1-6-7(8(12)13)11(5-15-6)9(14)10(2,3)4/h6-7H,5H2,1-4H3,(H,12,13)/t6-,7-/m0/s1. The molecular weight excluding hydrogens is 214 g/mol. The van der Waals surface area contributed by atoms with Gasteiger partial charge in [0.15, 0.2) is 0 Å². The van der Waals surface area contributed by atoms with Gasteiger partial charge in [0.2, 0.25) is 5.91 Å². The first kappa shape index (κ1) is 12.4. The van der Waals surface area contributed by atoms with Gasteiger partial charge < -0.3 is 10.0 Å². The Morgan fingerprint density at radius 1 is 1.40 bits per heavy atom. The third-order valence-electron chi connectivity index (χ3n) is 2.41. The monoisotopic (exact) mass is 231 g/mol. The van der Waals surface area contributed by atoms with E-state index in [9.17, 15) is 9.59 Å². The normalized spacial score (nSPS) is 26.8. The van der Waals surface area contributed by atoms with Crippen LogP contribution in [0.15, 0.2) is 0 Å². The Balaban J connectivity index is 2.87. The fourth-order valence-corrected chi connectivity index (χ4v) is 2.69. The quantitative estimate of drug-likeness (QED) is 0.741. The first-order valence-electron chi connectivity index (χ1n) is 4.90. The Bertz CT molecular complexity index is 285. The van der Waals surface area contributed by atoms with E-state index in [2.05, 4.69) is 0 Å². The van der Waals surface area contributed by atoms with Crippen molar-refractivity contribution in [3.05, 3.63) is 0 Å². The van der Waals surface area contributed by atoms with Crippen LogP contribution in [0.4, 0.5) is 0 Å². The molecule has 4 nitrogen and oxygen atoms in total. The minimum atomic E-state index is -0.912. The van der Waals surface area contributed by atoms with Crippen LogP contribution in [0.3, 0.4) is 0 Å². The fraction of sp³-hybridized carbons (Fsp3) is 0.800. The molecule has 0 spiro atoms. The van der Waals surface area contributed by atoms with Gasteiger partial charge >= 0.3 is 5.97 Å². The molecule has 0 aromatic rings. The van der Waals surface area contributed by atoms with Gasteiger partial charge in [-0.15, -0.1) is 11.8 Å². The number of thioether (sulfide) groups is 1. The van der Waals surface area contributed by atoms with Gasteiger partial charge in [0.1, 0.15) is 6.04 Å². The number of nitrogens with zero attached hydrogens (tertiary/aromatic N) is 1. The zero-order valence-electron chi connectivity index (χ0n) is 9.48. The third-order valence-corrected chi connectivity index (χ3v) is 3.62. The molecule has 0 radical (unpaired) electrons. The zero-order valence-corrected chi connectivity index (χ0v) is 10.3. The first-order valence-corrected chi connectivity index (χ1v) is 5.95. The number of hydrogen-bond donors (Lipinski definition) is 1. The summed E-state index contributed by atoms with van der Waals surface area (Å²) in [6, 6.07) is -0.679. The van der Waals surface area contributed by atoms with Crippen LogP contribution < -0.4 is 0 Å². The third kappa shape index (κ3) is 2.45. The number of hydrogen-bond acceptors (Lipinski definition) is 3. The maximum atomic E-state index is 12.0. The van der Waals surface area contributed by atoms with Crippen molar-refractivity contribution in [1.29, 1.82) is 0 Å². The van der Waals surface area contributed by atoms with E-state index >= 15 is 0 Å². The minimum absolute atomic E-state index is 0.0335. The summed E-state index contributed by atoms with van der Waals surface area (Å²) < 4.78 is 0. The van der Waals surface area contributed by atoms with Crippen LogP contribution >= 0.6 is 11.8 Å². The Kier molecular flexibility index (Phi) is 3.33. The van der Waals surface area contributed by atoms with Crippen molar-refractivity contribution in [2.75, 3.05) is 5.88 Å². The molecule has 5 heteroatoms. The van der Waals surface area contributed by atoms with Crippen LogP contribution in [-0.2, 0) is 9.59 Å². The second kappa shape index (κ2) is 4.04. The molecular formula is C10H17NO3S. The Morgan fingerprint density at radius 3 is 2.33 bits per heavy atom. The van der Waals surface area contributed by atoms with Gasteiger partial charge in [0.05, 0.1) is 5.88 Å². The molecule has 0 aromatic heterocycles. The van der Waals surface area contributed by atoms with Crippen LogP contribution in [0.5, 0.6) is 0 Å². The summed E-state index contributed by atoms with van der Waals surface area (Å²) in [5.41, 5.74) is -0.516. The maximum absolute atomic E-state index is 12.0. The molecule has 86 valence electrons. The number of carbonyl (C=O) groups excluding carboxylic acids is 1. The summed E-state index contributed by atoms with van der Waals surface area (Å²) in [4.78, 5) is 24.5. The van der Waals surface area contributed by atoms with E-state index < -0.39 is 17.4 Å². The van der Waals surface area contributed by atoms with Gasteiger partial charge in [0.25, 0.3) is 0 Å². The summed E-state index contributed by atoms with van der Waals surface area (Å²) in [6.07, 6.45) is 0. The molecule has 1 amide bonds. The van der Waals surface area contributed by atoms with E-state index in [0.717, 1.165) is 0 Å². The van der Waals surface area contributed by atoms with Gasteiger partial charge in [0, 0.05) is 10.7 Å². The molecule has 0 aliphatic carbocycles. The molecule has 1 aliphatic rings. The largest absolute Gasteiger partial charge is 0.480 e. The number of amides is 1. The molecule has 0 unspecified atom stereocenters. The van der Waals surface area contributed by atoms with Crippen LogP contribution in [0.25, 0.3) is 0 Å². The van der Waals surface area contributed by atoms with E-state index in [4.69, 9.17) is 5.11 Å². The lowest BCUT2D eigenvalue weighted by molar-refractivity contribution is -0.152. The van der Waals surface area contributed by atoms with Crippen molar-refractivity contribution < 1.29 is 14.7 Å². The molecule has 1 N–H and O–H groups in total. The molecule has 0 saturated carbocycles. The molecule has 1 heterocycles. The molecule has 0 bridgehead atoms.